The topological polar surface area (TPSA) is 341 Å². The minimum Gasteiger partial charge on any atom is -0.404 e. The molecule has 115 heavy (non-hydrogen) atoms. The van der Waals surface area contributed by atoms with E-state index in [0.29, 0.717) is 85.2 Å². The lowest BCUT2D eigenvalue weighted by molar-refractivity contribution is -0.274. The Hall–Kier alpha value is -12.0. The highest BCUT2D eigenvalue weighted by Gasteiger charge is 2.34. The van der Waals surface area contributed by atoms with Crippen molar-refractivity contribution in [3.63, 3.8) is 0 Å². The molecule has 0 saturated heterocycles. The number of nitrogens with zero attached hydrogens (tertiary/aromatic N) is 13. The second-order valence-electron chi connectivity index (χ2n) is 25.9. The van der Waals surface area contributed by atoms with Crippen molar-refractivity contribution in [1.29, 1.82) is 5.26 Å². The van der Waals surface area contributed by atoms with Crippen LogP contribution >= 0.6 is 0 Å². The van der Waals surface area contributed by atoms with Crippen molar-refractivity contribution in [3.8, 4) is 56.8 Å². The van der Waals surface area contributed by atoms with E-state index in [-0.39, 0.29) is 66.1 Å². The Kier molecular flexibility index (Phi) is 26.1. The Morgan fingerprint density at radius 1 is 0.435 bits per heavy atom. The standard InChI is InChI=1S/C20H19F3N4O2S.C20H21F3N4O2S.C18H17F3N4O3S.C18H17N5O2S/c1-2-30(28,29)15-6-7-17(26-19-8-3-13(10-24-19)20(21,22)23)16(9-15)18-11-27(12-25-18)14-4-5-14;1-4-30(28,29)15-6-7-17(16(9-15)18-11-27(12-25-18)13(2)3)26-19-8-5-14(10-24-19)20(21,22)23;1-3-29(26,27)13-5-6-15(14(8-13)16-10-25(2)11-23-16)24-17-7-4-12(9-22-17)28-18(19,20)21;1-3-26(24,25)14-5-6-16(15(8-14)17-11-23(2)12-21-17)22-18-7-4-13(9-19)10-20-18/h3,6-12,14H,2,4-5H2,1H3,(H,24,26);5-13H,4H2,1-3H3,(H,24,26);4-11H,3H2,1-2H3,(H,22,24);4-8,10-12H,3H2,1-2H3,(H,20,22). The molecular weight excluding hydrogens is 1590 g/mol. The van der Waals surface area contributed by atoms with Gasteiger partial charge in [-0.05, 0) is 148 Å². The molecule has 1 saturated carbocycles. The molecular formula is C76H74F9N17O9S4. The van der Waals surface area contributed by atoms with Gasteiger partial charge >= 0.3 is 18.7 Å². The van der Waals surface area contributed by atoms with Gasteiger partial charge in [0.15, 0.2) is 39.3 Å². The number of nitrogens with one attached hydrogen (secondary N) is 4. The Morgan fingerprint density at radius 2 is 0.774 bits per heavy atom. The lowest BCUT2D eigenvalue weighted by Crippen LogP contribution is -2.17. The zero-order valence-corrected chi connectivity index (χ0v) is 65.7. The number of sulfone groups is 4. The third kappa shape index (κ3) is 22.3. The van der Waals surface area contributed by atoms with Crippen LogP contribution in [0.5, 0.6) is 5.75 Å². The first-order chi connectivity index (χ1) is 54.2. The molecule has 8 aromatic heterocycles. The Labute approximate surface area is 656 Å². The van der Waals surface area contributed by atoms with Crippen molar-refractivity contribution in [2.75, 3.05) is 44.3 Å². The summed E-state index contributed by atoms with van der Waals surface area (Å²) in [5, 5.41) is 20.9. The van der Waals surface area contributed by atoms with Gasteiger partial charge < -0.3 is 44.3 Å². The third-order valence-electron chi connectivity index (χ3n) is 17.3. The highest BCUT2D eigenvalue weighted by atomic mass is 32.2. The normalized spacial score (nSPS) is 12.6. The maximum absolute atomic E-state index is 12.8. The lowest BCUT2D eigenvalue weighted by atomic mass is 10.1. The van der Waals surface area contributed by atoms with Crippen LogP contribution in [0.25, 0.3) is 45.0 Å². The quantitative estimate of drug-likeness (QED) is 0.0432. The van der Waals surface area contributed by atoms with E-state index in [4.69, 9.17) is 5.26 Å². The van der Waals surface area contributed by atoms with Crippen LogP contribution in [0.15, 0.2) is 216 Å². The van der Waals surface area contributed by atoms with E-state index < -0.39 is 74.9 Å². The molecule has 1 aliphatic rings. The molecule has 0 unspecified atom stereocenters. The van der Waals surface area contributed by atoms with Crippen molar-refractivity contribution >= 4 is 85.4 Å². The van der Waals surface area contributed by atoms with Crippen LogP contribution in [-0.2, 0) is 65.8 Å². The summed E-state index contributed by atoms with van der Waals surface area (Å²) in [6.45, 7) is 10.2. The minimum absolute atomic E-state index is 0.0264. The van der Waals surface area contributed by atoms with Crippen molar-refractivity contribution < 1.29 is 77.9 Å². The molecule has 4 aromatic carbocycles. The highest BCUT2D eigenvalue weighted by Crippen LogP contribution is 2.41. The number of anilines is 8. The number of hydrogen-bond donors (Lipinski definition) is 4. The number of imidazole rings is 4. The van der Waals surface area contributed by atoms with Gasteiger partial charge in [0.2, 0.25) is 0 Å². The second kappa shape index (κ2) is 35.2. The molecule has 4 N–H and O–H groups in total. The second-order valence-corrected chi connectivity index (χ2v) is 35.0. The van der Waals surface area contributed by atoms with Gasteiger partial charge in [-0.25, -0.2) is 73.5 Å². The molecule has 26 nitrogen and oxygen atoms in total. The Balaban J connectivity index is 0.000000162. The van der Waals surface area contributed by atoms with Gasteiger partial charge in [0.05, 0.1) is 114 Å². The van der Waals surface area contributed by atoms with E-state index in [9.17, 15) is 73.2 Å². The van der Waals surface area contributed by atoms with Gasteiger partial charge in [-0.2, -0.15) is 31.6 Å². The molecule has 604 valence electrons. The summed E-state index contributed by atoms with van der Waals surface area (Å²) in [5.74, 6) is 0.626. The monoisotopic (exact) mass is 1670 g/mol. The fraction of sp³-hybridized carbons (Fsp3) is 0.250. The average molecular weight is 1670 g/mol. The van der Waals surface area contributed by atoms with Crippen LogP contribution in [-0.4, -0.2) is 121 Å². The highest BCUT2D eigenvalue weighted by molar-refractivity contribution is 7.92. The lowest BCUT2D eigenvalue weighted by Gasteiger charge is -2.13. The predicted molar refractivity (Wildman–Crippen MR) is 414 cm³/mol. The largest absolute Gasteiger partial charge is 0.573 e. The molecule has 1 fully saturated rings. The minimum atomic E-state index is -4.80. The summed E-state index contributed by atoms with van der Waals surface area (Å²) < 4.78 is 223. The van der Waals surface area contributed by atoms with Gasteiger partial charge in [0.25, 0.3) is 0 Å². The molecule has 0 spiro atoms. The first-order valence-electron chi connectivity index (χ1n) is 34.9. The zero-order valence-electron chi connectivity index (χ0n) is 62.4. The molecule has 0 radical (unpaired) electrons. The van der Waals surface area contributed by atoms with E-state index in [0.717, 1.165) is 49.6 Å². The summed E-state index contributed by atoms with van der Waals surface area (Å²) in [6.07, 6.45) is 6.02. The fourth-order valence-corrected chi connectivity index (χ4v) is 14.4. The molecule has 0 bridgehead atoms. The number of aromatic nitrogens is 12. The molecule has 12 aromatic rings. The SMILES string of the molecule is CCS(=O)(=O)c1ccc(Nc2ccc(C#N)cn2)c(-c2cn(C)cn2)c1.CCS(=O)(=O)c1ccc(Nc2ccc(C(F)(F)F)cn2)c(-c2cn(C(C)C)cn2)c1.CCS(=O)(=O)c1ccc(Nc2ccc(C(F)(F)F)cn2)c(-c2cn(C3CC3)cn2)c1.CCS(=O)(=O)c1ccc(Nc2ccc(OC(F)(F)F)cn2)c(-c2cn(C)cn2)c1. The summed E-state index contributed by atoms with van der Waals surface area (Å²) in [4.78, 5) is 33.8. The van der Waals surface area contributed by atoms with Gasteiger partial charge in [0, 0.05) is 115 Å². The van der Waals surface area contributed by atoms with Crippen LogP contribution in [0.2, 0.25) is 0 Å². The number of pyridine rings is 4. The van der Waals surface area contributed by atoms with E-state index >= 15 is 0 Å². The van der Waals surface area contributed by atoms with Crippen LogP contribution in [0.4, 0.5) is 85.5 Å². The van der Waals surface area contributed by atoms with Crippen LogP contribution in [0, 0.1) is 11.3 Å². The molecule has 39 heteroatoms. The van der Waals surface area contributed by atoms with E-state index in [1.165, 1.54) is 60.8 Å². The molecule has 1 aliphatic carbocycles. The smallest absolute Gasteiger partial charge is 0.404 e. The summed E-state index contributed by atoms with van der Waals surface area (Å²) >= 11 is 0. The number of aryl methyl sites for hydroxylation is 2. The number of nitriles is 1. The number of benzene rings is 4. The summed E-state index contributed by atoms with van der Waals surface area (Å²) in [5.41, 5.74) is 5.41. The van der Waals surface area contributed by atoms with Crippen molar-refractivity contribution in [1.82, 2.24) is 58.1 Å². The number of rotatable bonds is 23. The van der Waals surface area contributed by atoms with E-state index in [2.05, 4.69) is 65.9 Å². The first kappa shape index (κ1) is 85.4. The predicted octanol–water partition coefficient (Wildman–Crippen LogP) is 16.7. The Morgan fingerprint density at radius 3 is 1.05 bits per heavy atom. The number of ether oxygens (including phenoxy) is 1. The summed E-state index contributed by atoms with van der Waals surface area (Å²) in [6, 6.07) is 31.2. The molecule has 13 rings (SSSR count). The number of hydrogen-bond acceptors (Lipinski definition) is 22. The van der Waals surface area contributed by atoms with Gasteiger partial charge in [-0.1, -0.05) is 27.7 Å². The third-order valence-corrected chi connectivity index (χ3v) is 24.2. The van der Waals surface area contributed by atoms with Gasteiger partial charge in [-0.3, -0.25) is 0 Å². The molecule has 0 amide bonds. The van der Waals surface area contributed by atoms with Crippen molar-refractivity contribution in [3.05, 3.63) is 213 Å². The Bertz CT molecular complexity index is 5780. The van der Waals surface area contributed by atoms with Crippen LogP contribution in [0.1, 0.15) is 83.2 Å². The van der Waals surface area contributed by atoms with Gasteiger partial charge in [0.1, 0.15) is 35.1 Å². The van der Waals surface area contributed by atoms with Crippen molar-refractivity contribution in [2.45, 2.75) is 105 Å². The van der Waals surface area contributed by atoms with Gasteiger partial charge in [-0.15, -0.1) is 13.2 Å². The van der Waals surface area contributed by atoms with Crippen LogP contribution < -0.4 is 26.0 Å². The van der Waals surface area contributed by atoms with Crippen molar-refractivity contribution in [2.24, 2.45) is 14.1 Å². The van der Waals surface area contributed by atoms with Crippen LogP contribution in [0.3, 0.4) is 0 Å². The number of halogens is 9. The van der Waals surface area contributed by atoms with E-state index in [1.807, 2.05) is 48.5 Å². The molecule has 8 heterocycles. The zero-order chi connectivity index (χ0) is 83.6. The molecule has 0 atom stereocenters. The first-order valence-corrected chi connectivity index (χ1v) is 41.5. The maximum Gasteiger partial charge on any atom is 0.573 e. The summed E-state index contributed by atoms with van der Waals surface area (Å²) in [7, 11) is -10.0. The average Bonchev–Trinajstić information content (AvgIpc) is 1.78. The fourth-order valence-electron chi connectivity index (χ4n) is 10.7. The molecule has 0 aliphatic heterocycles. The van der Waals surface area contributed by atoms with E-state index in [1.54, 1.807) is 130 Å². The maximum atomic E-state index is 12.8. The number of alkyl halides is 9.